The predicted octanol–water partition coefficient (Wildman–Crippen LogP) is 2.13. The van der Waals surface area contributed by atoms with Gasteiger partial charge in [-0.1, -0.05) is 48.5 Å². The number of nitrogens with zero attached hydrogens (tertiary/aromatic N) is 1. The molecule has 0 aliphatic rings. The second-order valence-corrected chi connectivity index (χ2v) is 5.77. The molecule has 0 bridgehead atoms. The Labute approximate surface area is 142 Å². The van der Waals surface area contributed by atoms with Crippen molar-refractivity contribution in [2.45, 2.75) is 12.7 Å². The molecule has 5 nitrogen and oxygen atoms in total. The number of benzene rings is 2. The SMILES string of the molecule is CN(CC(=O)Nc1ccccc1)C[C@@H](O)COCc1ccccc1. The molecule has 0 unspecified atom stereocenters. The fourth-order valence-electron chi connectivity index (χ4n) is 2.33. The lowest BCUT2D eigenvalue weighted by Crippen LogP contribution is -2.37. The zero-order chi connectivity index (χ0) is 17.2. The van der Waals surface area contributed by atoms with Gasteiger partial charge in [0, 0.05) is 12.2 Å². The molecule has 0 aromatic heterocycles. The van der Waals surface area contributed by atoms with Crippen LogP contribution in [0, 0.1) is 0 Å². The Kier molecular flexibility index (Phi) is 7.42. The van der Waals surface area contributed by atoms with E-state index in [-0.39, 0.29) is 19.1 Å². The number of nitrogens with one attached hydrogen (secondary N) is 1. The molecule has 0 fully saturated rings. The van der Waals surface area contributed by atoms with Crippen LogP contribution in [-0.2, 0) is 16.1 Å². The minimum absolute atomic E-state index is 0.110. The summed E-state index contributed by atoms with van der Waals surface area (Å²) in [6.45, 7) is 1.29. The lowest BCUT2D eigenvalue weighted by molar-refractivity contribution is -0.117. The number of amides is 1. The van der Waals surface area contributed by atoms with Crippen LogP contribution in [-0.4, -0.2) is 48.8 Å². The Hall–Kier alpha value is -2.21. The van der Waals surface area contributed by atoms with Gasteiger partial charge in [0.2, 0.25) is 5.91 Å². The molecule has 0 saturated heterocycles. The van der Waals surface area contributed by atoms with E-state index < -0.39 is 6.10 Å². The van der Waals surface area contributed by atoms with E-state index in [2.05, 4.69) is 5.32 Å². The van der Waals surface area contributed by atoms with Crippen molar-refractivity contribution in [1.82, 2.24) is 4.90 Å². The van der Waals surface area contributed by atoms with Crippen molar-refractivity contribution < 1.29 is 14.6 Å². The molecule has 2 N–H and O–H groups in total. The largest absolute Gasteiger partial charge is 0.389 e. The summed E-state index contributed by atoms with van der Waals surface area (Å²) < 4.78 is 5.51. The molecule has 1 atom stereocenters. The van der Waals surface area contributed by atoms with Crippen LogP contribution in [0.25, 0.3) is 0 Å². The molecule has 0 aliphatic heterocycles. The zero-order valence-electron chi connectivity index (χ0n) is 13.9. The highest BCUT2D eigenvalue weighted by Gasteiger charge is 2.12. The highest BCUT2D eigenvalue weighted by Crippen LogP contribution is 2.05. The number of aliphatic hydroxyl groups is 1. The van der Waals surface area contributed by atoms with E-state index in [1.54, 1.807) is 11.9 Å². The molecule has 128 valence electrons. The molecule has 5 heteroatoms. The van der Waals surface area contributed by atoms with E-state index in [1.807, 2.05) is 60.7 Å². The summed E-state index contributed by atoms with van der Waals surface area (Å²) in [6.07, 6.45) is -0.636. The number of carbonyl (C=O) groups excluding carboxylic acids is 1. The van der Waals surface area contributed by atoms with Gasteiger partial charge in [-0.25, -0.2) is 0 Å². The van der Waals surface area contributed by atoms with Crippen molar-refractivity contribution in [2.24, 2.45) is 0 Å². The molecular weight excluding hydrogens is 304 g/mol. The Bertz CT molecular complexity index is 605. The van der Waals surface area contributed by atoms with E-state index in [4.69, 9.17) is 4.74 Å². The van der Waals surface area contributed by atoms with Gasteiger partial charge < -0.3 is 15.2 Å². The average molecular weight is 328 g/mol. The molecule has 0 radical (unpaired) electrons. The summed E-state index contributed by atoms with van der Waals surface area (Å²) in [5.41, 5.74) is 1.84. The third-order valence-corrected chi connectivity index (χ3v) is 3.42. The van der Waals surface area contributed by atoms with E-state index in [0.29, 0.717) is 13.2 Å². The molecule has 0 saturated carbocycles. The van der Waals surface area contributed by atoms with Crippen LogP contribution < -0.4 is 5.32 Å². The normalized spacial score (nSPS) is 12.1. The smallest absolute Gasteiger partial charge is 0.238 e. The first kappa shape index (κ1) is 18.1. The number of carbonyl (C=O) groups is 1. The fourth-order valence-corrected chi connectivity index (χ4v) is 2.33. The number of aliphatic hydroxyl groups excluding tert-OH is 1. The monoisotopic (exact) mass is 328 g/mol. The molecular formula is C19H24N2O3. The van der Waals surface area contributed by atoms with Crippen LogP contribution in [0.1, 0.15) is 5.56 Å². The van der Waals surface area contributed by atoms with Crippen molar-refractivity contribution in [2.75, 3.05) is 32.1 Å². The van der Waals surface area contributed by atoms with E-state index >= 15 is 0 Å². The quantitative estimate of drug-likeness (QED) is 0.740. The van der Waals surface area contributed by atoms with Crippen molar-refractivity contribution in [3.8, 4) is 0 Å². The number of anilines is 1. The van der Waals surface area contributed by atoms with Crippen LogP contribution in [0.15, 0.2) is 60.7 Å². The van der Waals surface area contributed by atoms with Gasteiger partial charge in [-0.3, -0.25) is 9.69 Å². The Morgan fingerprint density at radius 3 is 2.42 bits per heavy atom. The minimum atomic E-state index is -0.636. The first-order valence-electron chi connectivity index (χ1n) is 7.96. The summed E-state index contributed by atoms with van der Waals surface area (Å²) in [7, 11) is 1.80. The van der Waals surface area contributed by atoms with Crippen molar-refractivity contribution in [3.05, 3.63) is 66.2 Å². The lowest BCUT2D eigenvalue weighted by atomic mass is 10.2. The molecule has 1 amide bonds. The maximum absolute atomic E-state index is 11.9. The number of para-hydroxylation sites is 1. The molecule has 0 heterocycles. The van der Waals surface area contributed by atoms with Crippen molar-refractivity contribution in [3.63, 3.8) is 0 Å². The molecule has 2 aromatic carbocycles. The Morgan fingerprint density at radius 2 is 1.75 bits per heavy atom. The van der Waals surface area contributed by atoms with Gasteiger partial charge in [0.25, 0.3) is 0 Å². The van der Waals surface area contributed by atoms with Gasteiger partial charge in [0.1, 0.15) is 0 Å². The molecule has 2 aromatic rings. The highest BCUT2D eigenvalue weighted by molar-refractivity contribution is 5.92. The Morgan fingerprint density at radius 1 is 1.12 bits per heavy atom. The van der Waals surface area contributed by atoms with Crippen LogP contribution in [0.5, 0.6) is 0 Å². The van der Waals surface area contributed by atoms with Gasteiger partial charge in [-0.2, -0.15) is 0 Å². The summed E-state index contributed by atoms with van der Waals surface area (Å²) in [5, 5.41) is 12.8. The summed E-state index contributed by atoms with van der Waals surface area (Å²) >= 11 is 0. The van der Waals surface area contributed by atoms with Gasteiger partial charge in [0.15, 0.2) is 0 Å². The van der Waals surface area contributed by atoms with Gasteiger partial charge in [0.05, 0.1) is 25.9 Å². The van der Waals surface area contributed by atoms with Crippen molar-refractivity contribution >= 4 is 11.6 Å². The Balaban J connectivity index is 1.64. The standard InChI is InChI=1S/C19H24N2O3/c1-21(13-19(23)20-17-10-6-3-7-11-17)12-18(22)15-24-14-16-8-4-2-5-9-16/h2-11,18,22H,12-15H2,1H3,(H,20,23)/t18-/m1/s1. The first-order chi connectivity index (χ1) is 11.6. The average Bonchev–Trinajstić information content (AvgIpc) is 2.56. The van der Waals surface area contributed by atoms with E-state index in [0.717, 1.165) is 11.3 Å². The van der Waals surface area contributed by atoms with Crippen LogP contribution in [0.3, 0.4) is 0 Å². The maximum Gasteiger partial charge on any atom is 0.238 e. The fraction of sp³-hybridized carbons (Fsp3) is 0.316. The van der Waals surface area contributed by atoms with Crippen LogP contribution in [0.2, 0.25) is 0 Å². The van der Waals surface area contributed by atoms with E-state index in [1.165, 1.54) is 0 Å². The summed E-state index contributed by atoms with van der Waals surface area (Å²) in [6, 6.07) is 19.1. The van der Waals surface area contributed by atoms with Gasteiger partial charge in [-0.05, 0) is 24.7 Å². The second kappa shape index (κ2) is 9.82. The molecule has 24 heavy (non-hydrogen) atoms. The number of rotatable bonds is 9. The topological polar surface area (TPSA) is 61.8 Å². The number of hydrogen-bond acceptors (Lipinski definition) is 4. The second-order valence-electron chi connectivity index (χ2n) is 5.77. The summed E-state index contributed by atoms with van der Waals surface area (Å²) in [5.74, 6) is -0.110. The summed E-state index contributed by atoms with van der Waals surface area (Å²) in [4.78, 5) is 13.7. The predicted molar refractivity (Wildman–Crippen MR) is 94.7 cm³/mol. The van der Waals surface area contributed by atoms with Crippen molar-refractivity contribution in [1.29, 1.82) is 0 Å². The third-order valence-electron chi connectivity index (χ3n) is 3.42. The molecule has 0 aliphatic carbocycles. The third kappa shape index (κ3) is 6.91. The first-order valence-corrected chi connectivity index (χ1v) is 7.96. The zero-order valence-corrected chi connectivity index (χ0v) is 13.9. The number of hydrogen-bond donors (Lipinski definition) is 2. The number of likely N-dealkylation sites (N-methyl/N-ethyl adjacent to an activating group) is 1. The number of ether oxygens (including phenoxy) is 1. The molecule has 0 spiro atoms. The van der Waals surface area contributed by atoms with Gasteiger partial charge in [-0.15, -0.1) is 0 Å². The molecule has 2 rings (SSSR count). The maximum atomic E-state index is 11.9. The highest BCUT2D eigenvalue weighted by atomic mass is 16.5. The lowest BCUT2D eigenvalue weighted by Gasteiger charge is -2.20. The minimum Gasteiger partial charge on any atom is -0.389 e. The van der Waals surface area contributed by atoms with Gasteiger partial charge >= 0.3 is 0 Å². The van der Waals surface area contributed by atoms with Crippen LogP contribution >= 0.6 is 0 Å². The van der Waals surface area contributed by atoms with Crippen LogP contribution in [0.4, 0.5) is 5.69 Å². The van der Waals surface area contributed by atoms with E-state index in [9.17, 15) is 9.90 Å².